The van der Waals surface area contributed by atoms with Gasteiger partial charge in [-0.05, 0) is 42.2 Å². The van der Waals surface area contributed by atoms with Gasteiger partial charge in [0, 0.05) is 18.2 Å². The summed E-state index contributed by atoms with van der Waals surface area (Å²) >= 11 is 1.73. The van der Waals surface area contributed by atoms with Crippen LogP contribution in [0.4, 0.5) is 11.6 Å². The molecule has 1 aliphatic carbocycles. The second-order valence-electron chi connectivity index (χ2n) is 4.70. The zero-order chi connectivity index (χ0) is 12.5. The van der Waals surface area contributed by atoms with Gasteiger partial charge in [0.25, 0.3) is 0 Å². The third-order valence-electron chi connectivity index (χ3n) is 3.29. The number of aromatic nitrogens is 2. The van der Waals surface area contributed by atoms with Crippen LogP contribution in [0.2, 0.25) is 0 Å². The molecular weight excluding hydrogens is 244 g/mol. The predicted octanol–water partition coefficient (Wildman–Crippen LogP) is 2.60. The quantitative estimate of drug-likeness (QED) is 0.918. The van der Waals surface area contributed by atoms with E-state index in [-0.39, 0.29) is 0 Å². The van der Waals surface area contributed by atoms with Gasteiger partial charge in [0.15, 0.2) is 0 Å². The second-order valence-corrected chi connectivity index (χ2v) is 5.48. The van der Waals surface area contributed by atoms with Crippen molar-refractivity contribution in [3.05, 3.63) is 34.3 Å². The van der Waals surface area contributed by atoms with Crippen molar-refractivity contribution in [3.8, 4) is 0 Å². The van der Waals surface area contributed by atoms with E-state index in [2.05, 4.69) is 31.7 Å². The lowest BCUT2D eigenvalue weighted by Crippen LogP contribution is -2.27. The van der Waals surface area contributed by atoms with Gasteiger partial charge >= 0.3 is 0 Å². The molecule has 2 aromatic heterocycles. The molecule has 4 nitrogen and oxygen atoms in total. The molecule has 0 amide bonds. The first-order valence-electron chi connectivity index (χ1n) is 6.10. The van der Waals surface area contributed by atoms with Crippen molar-refractivity contribution in [3.63, 3.8) is 0 Å². The van der Waals surface area contributed by atoms with E-state index < -0.39 is 0 Å². The largest absolute Gasteiger partial charge is 0.383 e. The Balaban J connectivity index is 1.91. The number of nitrogen functional groups attached to an aromatic ring is 1. The molecule has 18 heavy (non-hydrogen) atoms. The van der Waals surface area contributed by atoms with Crippen LogP contribution in [-0.4, -0.2) is 16.0 Å². The van der Waals surface area contributed by atoms with Gasteiger partial charge in [-0.25, -0.2) is 9.97 Å². The number of thiophene rings is 1. The Morgan fingerprint density at radius 2 is 2.28 bits per heavy atom. The number of hydrogen-bond acceptors (Lipinski definition) is 5. The van der Waals surface area contributed by atoms with Crippen molar-refractivity contribution in [1.82, 2.24) is 9.97 Å². The van der Waals surface area contributed by atoms with Gasteiger partial charge < -0.3 is 10.6 Å². The van der Waals surface area contributed by atoms with Crippen molar-refractivity contribution in [2.75, 3.05) is 10.6 Å². The van der Waals surface area contributed by atoms with Crippen LogP contribution in [0.3, 0.4) is 0 Å². The van der Waals surface area contributed by atoms with Crippen LogP contribution in [0.5, 0.6) is 0 Å². The highest BCUT2D eigenvalue weighted by Crippen LogP contribution is 2.34. The number of anilines is 2. The van der Waals surface area contributed by atoms with E-state index in [1.54, 1.807) is 17.7 Å². The zero-order valence-electron chi connectivity index (χ0n) is 10.3. The molecule has 0 bridgehead atoms. The summed E-state index contributed by atoms with van der Waals surface area (Å²) in [5, 5.41) is 4.30. The molecule has 1 aliphatic rings. The SMILES string of the molecule is Cc1c(N)ncnc1N(Cc1ccsc1)C1CC1. The second kappa shape index (κ2) is 4.57. The molecule has 94 valence electrons. The maximum absolute atomic E-state index is 5.88. The topological polar surface area (TPSA) is 55.0 Å². The molecule has 2 heterocycles. The van der Waals surface area contributed by atoms with E-state index in [9.17, 15) is 0 Å². The summed E-state index contributed by atoms with van der Waals surface area (Å²) < 4.78 is 0. The number of nitrogens with zero attached hydrogens (tertiary/aromatic N) is 3. The van der Waals surface area contributed by atoms with Crippen molar-refractivity contribution in [2.45, 2.75) is 32.4 Å². The number of hydrogen-bond donors (Lipinski definition) is 1. The van der Waals surface area contributed by atoms with Crippen molar-refractivity contribution >= 4 is 23.0 Å². The minimum atomic E-state index is 0.580. The number of rotatable bonds is 4. The van der Waals surface area contributed by atoms with Gasteiger partial charge in [-0.3, -0.25) is 0 Å². The lowest BCUT2D eigenvalue weighted by molar-refractivity contribution is 0.773. The summed E-state index contributed by atoms with van der Waals surface area (Å²) in [4.78, 5) is 10.8. The monoisotopic (exact) mass is 260 g/mol. The molecule has 0 aliphatic heterocycles. The third-order valence-corrected chi connectivity index (χ3v) is 4.02. The molecule has 0 atom stereocenters. The van der Waals surface area contributed by atoms with Crippen LogP contribution in [0.15, 0.2) is 23.2 Å². The summed E-state index contributed by atoms with van der Waals surface area (Å²) in [5.41, 5.74) is 8.20. The Morgan fingerprint density at radius 3 is 2.94 bits per heavy atom. The van der Waals surface area contributed by atoms with Crippen LogP contribution in [-0.2, 0) is 6.54 Å². The Kier molecular flexibility index (Phi) is 2.91. The average molecular weight is 260 g/mol. The van der Waals surface area contributed by atoms with E-state index in [1.807, 2.05) is 6.92 Å². The molecule has 3 rings (SSSR count). The summed E-state index contributed by atoms with van der Waals surface area (Å²) in [7, 11) is 0. The molecule has 1 fully saturated rings. The van der Waals surface area contributed by atoms with Crippen molar-refractivity contribution < 1.29 is 0 Å². The predicted molar refractivity (Wildman–Crippen MR) is 74.7 cm³/mol. The smallest absolute Gasteiger partial charge is 0.137 e. The lowest BCUT2D eigenvalue weighted by atomic mass is 10.2. The van der Waals surface area contributed by atoms with Crippen LogP contribution in [0, 0.1) is 6.92 Å². The molecule has 5 heteroatoms. The number of nitrogens with two attached hydrogens (primary N) is 1. The maximum Gasteiger partial charge on any atom is 0.137 e. The van der Waals surface area contributed by atoms with E-state index in [0.717, 1.165) is 17.9 Å². The van der Waals surface area contributed by atoms with E-state index >= 15 is 0 Å². The minimum Gasteiger partial charge on any atom is -0.383 e. The molecule has 0 saturated heterocycles. The highest BCUT2D eigenvalue weighted by molar-refractivity contribution is 7.07. The van der Waals surface area contributed by atoms with Crippen molar-refractivity contribution in [1.29, 1.82) is 0 Å². The van der Waals surface area contributed by atoms with Crippen molar-refractivity contribution in [2.24, 2.45) is 0 Å². The molecule has 0 spiro atoms. The molecular formula is C13H16N4S. The highest BCUT2D eigenvalue weighted by Gasteiger charge is 2.31. The van der Waals surface area contributed by atoms with Gasteiger partial charge in [0.1, 0.15) is 18.0 Å². The summed E-state index contributed by atoms with van der Waals surface area (Å²) in [6.07, 6.45) is 4.04. The highest BCUT2D eigenvalue weighted by atomic mass is 32.1. The Hall–Kier alpha value is -1.62. The fourth-order valence-electron chi connectivity index (χ4n) is 2.09. The van der Waals surface area contributed by atoms with Crippen LogP contribution in [0.25, 0.3) is 0 Å². The Bertz CT molecular complexity index is 534. The first-order valence-corrected chi connectivity index (χ1v) is 7.05. The van der Waals surface area contributed by atoms with E-state index in [1.165, 1.54) is 18.4 Å². The Morgan fingerprint density at radius 1 is 1.44 bits per heavy atom. The summed E-state index contributed by atoms with van der Waals surface area (Å²) in [6, 6.07) is 2.78. The maximum atomic E-state index is 5.88. The normalized spacial score (nSPS) is 14.7. The zero-order valence-corrected chi connectivity index (χ0v) is 11.2. The van der Waals surface area contributed by atoms with Crippen LogP contribution >= 0.6 is 11.3 Å². The molecule has 0 aromatic carbocycles. The molecule has 1 saturated carbocycles. The molecule has 0 unspecified atom stereocenters. The van der Waals surface area contributed by atoms with Gasteiger partial charge in [-0.2, -0.15) is 11.3 Å². The first kappa shape index (κ1) is 11.5. The average Bonchev–Trinajstić information content (AvgIpc) is 3.08. The fraction of sp³-hybridized carbons (Fsp3) is 0.385. The van der Waals surface area contributed by atoms with Crippen LogP contribution < -0.4 is 10.6 Å². The van der Waals surface area contributed by atoms with Gasteiger partial charge in [0.05, 0.1) is 0 Å². The van der Waals surface area contributed by atoms with Crippen LogP contribution in [0.1, 0.15) is 24.0 Å². The van der Waals surface area contributed by atoms with E-state index in [4.69, 9.17) is 5.73 Å². The minimum absolute atomic E-state index is 0.580. The van der Waals surface area contributed by atoms with Gasteiger partial charge in [-0.1, -0.05) is 0 Å². The fourth-order valence-corrected chi connectivity index (χ4v) is 2.75. The standard InChI is InChI=1S/C13H16N4S/c1-9-12(14)15-8-16-13(9)17(11-2-3-11)6-10-4-5-18-7-10/h4-5,7-8,11H,2-3,6H2,1H3,(H2,14,15,16). The summed E-state index contributed by atoms with van der Waals surface area (Å²) in [5.74, 6) is 1.56. The molecule has 0 radical (unpaired) electrons. The van der Waals surface area contributed by atoms with Gasteiger partial charge in [-0.15, -0.1) is 0 Å². The summed E-state index contributed by atoms with van der Waals surface area (Å²) in [6.45, 7) is 2.90. The lowest BCUT2D eigenvalue weighted by Gasteiger charge is -2.24. The van der Waals surface area contributed by atoms with E-state index in [0.29, 0.717) is 11.9 Å². The van der Waals surface area contributed by atoms with Gasteiger partial charge in [0.2, 0.25) is 0 Å². The molecule has 2 aromatic rings. The Labute approximate surface area is 110 Å². The molecule has 2 N–H and O–H groups in total. The third kappa shape index (κ3) is 2.18. The first-order chi connectivity index (χ1) is 8.75.